The van der Waals surface area contributed by atoms with Gasteiger partial charge in [0, 0.05) is 19.6 Å². The van der Waals surface area contributed by atoms with Crippen molar-refractivity contribution in [1.29, 1.82) is 0 Å². The number of carbonyl (C=O) groups is 1. The van der Waals surface area contributed by atoms with Crippen molar-refractivity contribution in [1.82, 2.24) is 10.2 Å². The van der Waals surface area contributed by atoms with Gasteiger partial charge >= 0.3 is 6.09 Å². The smallest absolute Gasteiger partial charge is 0.404 e. The minimum atomic E-state index is -0.924. The quantitative estimate of drug-likeness (QED) is 0.876. The van der Waals surface area contributed by atoms with Crippen LogP contribution in [0.15, 0.2) is 30.3 Å². The Labute approximate surface area is 114 Å². The number of hydrogen-bond acceptors (Lipinski definition) is 2. The number of nitrogens with one attached hydrogen (secondary N) is 1. The van der Waals surface area contributed by atoms with Gasteiger partial charge in [-0.15, -0.1) is 0 Å². The lowest BCUT2D eigenvalue weighted by Gasteiger charge is -2.37. The Kier molecular flexibility index (Phi) is 4.80. The predicted octanol–water partition coefficient (Wildman–Crippen LogP) is 2.41. The molecule has 1 aromatic rings. The number of carboxylic acid groups (broad SMARTS) is 1. The van der Waals surface area contributed by atoms with E-state index in [2.05, 4.69) is 41.4 Å². The molecule has 19 heavy (non-hydrogen) atoms. The first-order valence-corrected chi connectivity index (χ1v) is 6.88. The van der Waals surface area contributed by atoms with Crippen molar-refractivity contribution in [2.45, 2.75) is 19.9 Å². The van der Waals surface area contributed by atoms with Crippen molar-refractivity contribution in [2.24, 2.45) is 11.8 Å². The van der Waals surface area contributed by atoms with Gasteiger partial charge in [-0.2, -0.15) is 0 Å². The van der Waals surface area contributed by atoms with Crippen LogP contribution in [0.2, 0.25) is 0 Å². The molecule has 1 heterocycles. The molecule has 1 aliphatic heterocycles. The van der Waals surface area contributed by atoms with E-state index in [0.29, 0.717) is 18.4 Å². The van der Waals surface area contributed by atoms with Gasteiger partial charge in [-0.25, -0.2) is 4.79 Å². The van der Waals surface area contributed by atoms with Gasteiger partial charge in [0.15, 0.2) is 0 Å². The van der Waals surface area contributed by atoms with Gasteiger partial charge in [-0.1, -0.05) is 37.3 Å². The molecule has 0 aromatic heterocycles. The van der Waals surface area contributed by atoms with Gasteiger partial charge in [-0.3, -0.25) is 4.90 Å². The van der Waals surface area contributed by atoms with Crippen LogP contribution < -0.4 is 5.32 Å². The molecule has 1 amide bonds. The van der Waals surface area contributed by atoms with Crippen LogP contribution >= 0.6 is 0 Å². The topological polar surface area (TPSA) is 52.6 Å². The van der Waals surface area contributed by atoms with Crippen molar-refractivity contribution in [3.05, 3.63) is 35.9 Å². The second kappa shape index (κ2) is 6.57. The number of likely N-dealkylation sites (tertiary alicyclic amines) is 1. The minimum absolute atomic E-state index is 0.411. The minimum Gasteiger partial charge on any atom is -0.465 e. The largest absolute Gasteiger partial charge is 0.465 e. The summed E-state index contributed by atoms with van der Waals surface area (Å²) in [6, 6.07) is 10.4. The number of nitrogens with zero attached hydrogens (tertiary/aromatic N) is 1. The molecular weight excluding hydrogens is 240 g/mol. The van der Waals surface area contributed by atoms with E-state index in [1.165, 1.54) is 5.56 Å². The van der Waals surface area contributed by atoms with E-state index in [0.717, 1.165) is 26.1 Å². The van der Waals surface area contributed by atoms with Crippen LogP contribution in [0.4, 0.5) is 4.79 Å². The summed E-state index contributed by atoms with van der Waals surface area (Å²) in [4.78, 5) is 13.0. The molecule has 4 nitrogen and oxygen atoms in total. The first-order valence-electron chi connectivity index (χ1n) is 6.88. The Bertz CT molecular complexity index is 408. The van der Waals surface area contributed by atoms with Crippen LogP contribution in [0.3, 0.4) is 0 Å². The van der Waals surface area contributed by atoms with Gasteiger partial charge in [0.25, 0.3) is 0 Å². The van der Waals surface area contributed by atoms with E-state index in [1.807, 2.05) is 6.07 Å². The number of hydrogen-bond donors (Lipinski definition) is 2. The maximum absolute atomic E-state index is 10.6. The van der Waals surface area contributed by atoms with Crippen LogP contribution in [-0.2, 0) is 6.54 Å². The second-order valence-electron chi connectivity index (χ2n) is 5.43. The van der Waals surface area contributed by atoms with E-state index < -0.39 is 6.09 Å². The third kappa shape index (κ3) is 4.24. The molecule has 0 saturated carbocycles. The van der Waals surface area contributed by atoms with Gasteiger partial charge in [0.1, 0.15) is 0 Å². The van der Waals surface area contributed by atoms with Gasteiger partial charge in [0.2, 0.25) is 0 Å². The van der Waals surface area contributed by atoms with Crippen molar-refractivity contribution in [3.8, 4) is 0 Å². The first-order chi connectivity index (χ1) is 9.15. The molecular formula is C15H22N2O2. The molecule has 2 unspecified atom stereocenters. The summed E-state index contributed by atoms with van der Waals surface area (Å²) in [6.07, 6.45) is 0.214. The second-order valence-corrected chi connectivity index (χ2v) is 5.43. The third-order valence-corrected chi connectivity index (χ3v) is 3.96. The number of piperidine rings is 1. The molecule has 1 aromatic carbocycles. The number of benzene rings is 1. The fraction of sp³-hybridized carbons (Fsp3) is 0.533. The SMILES string of the molecule is CC1CCN(Cc2ccccc2)CC1CNC(=O)O. The van der Waals surface area contributed by atoms with Gasteiger partial charge in [0.05, 0.1) is 0 Å². The zero-order chi connectivity index (χ0) is 13.7. The summed E-state index contributed by atoms with van der Waals surface area (Å²) in [5, 5.41) is 11.2. The molecule has 0 bridgehead atoms. The zero-order valence-electron chi connectivity index (χ0n) is 11.4. The fourth-order valence-corrected chi connectivity index (χ4v) is 2.69. The summed E-state index contributed by atoms with van der Waals surface area (Å²) >= 11 is 0. The van der Waals surface area contributed by atoms with E-state index >= 15 is 0 Å². The maximum Gasteiger partial charge on any atom is 0.404 e. The van der Waals surface area contributed by atoms with Crippen molar-refractivity contribution >= 4 is 6.09 Å². The monoisotopic (exact) mass is 262 g/mol. The third-order valence-electron chi connectivity index (χ3n) is 3.96. The highest BCUT2D eigenvalue weighted by atomic mass is 16.4. The van der Waals surface area contributed by atoms with Gasteiger partial charge < -0.3 is 10.4 Å². The van der Waals surface area contributed by atoms with Gasteiger partial charge in [-0.05, 0) is 30.4 Å². The molecule has 2 atom stereocenters. The highest BCUT2D eigenvalue weighted by Crippen LogP contribution is 2.23. The summed E-state index contributed by atoms with van der Waals surface area (Å²) in [6.45, 7) is 5.79. The van der Waals surface area contributed by atoms with E-state index in [-0.39, 0.29) is 0 Å². The highest BCUT2D eigenvalue weighted by Gasteiger charge is 2.26. The van der Waals surface area contributed by atoms with E-state index in [1.54, 1.807) is 0 Å². The standard InChI is InChI=1S/C15H22N2O2/c1-12-7-8-17(10-13-5-3-2-4-6-13)11-14(12)9-16-15(18)19/h2-6,12,14,16H,7-11H2,1H3,(H,18,19). The summed E-state index contributed by atoms with van der Waals surface area (Å²) in [5.41, 5.74) is 1.32. The van der Waals surface area contributed by atoms with Crippen LogP contribution in [-0.4, -0.2) is 35.7 Å². The Balaban J connectivity index is 1.88. The maximum atomic E-state index is 10.6. The Hall–Kier alpha value is -1.55. The molecule has 0 spiro atoms. The summed E-state index contributed by atoms with van der Waals surface area (Å²) < 4.78 is 0. The molecule has 4 heteroatoms. The summed E-state index contributed by atoms with van der Waals surface area (Å²) in [5.74, 6) is 0.993. The van der Waals surface area contributed by atoms with E-state index in [9.17, 15) is 4.79 Å². The van der Waals surface area contributed by atoms with Crippen LogP contribution in [0.1, 0.15) is 18.9 Å². The number of rotatable bonds is 4. The normalized spacial score (nSPS) is 24.1. The van der Waals surface area contributed by atoms with Crippen LogP contribution in [0.5, 0.6) is 0 Å². The molecule has 1 saturated heterocycles. The predicted molar refractivity (Wildman–Crippen MR) is 75.0 cm³/mol. The molecule has 1 aliphatic rings. The average molecular weight is 262 g/mol. The molecule has 1 fully saturated rings. The lowest BCUT2D eigenvalue weighted by Crippen LogP contribution is -2.44. The molecule has 2 N–H and O–H groups in total. The molecule has 0 radical (unpaired) electrons. The Morgan fingerprint density at radius 3 is 2.84 bits per heavy atom. The van der Waals surface area contributed by atoms with Crippen LogP contribution in [0, 0.1) is 11.8 Å². The van der Waals surface area contributed by atoms with E-state index in [4.69, 9.17) is 5.11 Å². The van der Waals surface area contributed by atoms with Crippen molar-refractivity contribution in [3.63, 3.8) is 0 Å². The Morgan fingerprint density at radius 1 is 1.42 bits per heavy atom. The van der Waals surface area contributed by atoms with Crippen molar-refractivity contribution in [2.75, 3.05) is 19.6 Å². The zero-order valence-corrected chi connectivity index (χ0v) is 11.4. The average Bonchev–Trinajstić information content (AvgIpc) is 2.40. The lowest BCUT2D eigenvalue weighted by molar-refractivity contribution is 0.118. The van der Waals surface area contributed by atoms with Crippen molar-refractivity contribution < 1.29 is 9.90 Å². The molecule has 104 valence electrons. The van der Waals surface area contributed by atoms with Crippen LogP contribution in [0.25, 0.3) is 0 Å². The Morgan fingerprint density at radius 2 is 2.16 bits per heavy atom. The lowest BCUT2D eigenvalue weighted by atomic mass is 9.87. The fourth-order valence-electron chi connectivity index (χ4n) is 2.69. The molecule has 0 aliphatic carbocycles. The first kappa shape index (κ1) is 13.9. The summed E-state index contributed by atoms with van der Waals surface area (Å²) in [7, 11) is 0. The highest BCUT2D eigenvalue weighted by molar-refractivity contribution is 5.64. The molecule has 2 rings (SSSR count). The number of amides is 1.